The van der Waals surface area contributed by atoms with Gasteiger partial charge in [0.1, 0.15) is 0 Å². The quantitative estimate of drug-likeness (QED) is 0.304. The van der Waals surface area contributed by atoms with Crippen molar-refractivity contribution >= 4 is 5.69 Å². The lowest BCUT2D eigenvalue weighted by Crippen LogP contribution is -2.30. The van der Waals surface area contributed by atoms with Gasteiger partial charge < -0.3 is 10.2 Å². The molecular formula is C36H47N3. The molecular weight excluding hydrogens is 474 g/mol. The van der Waals surface area contributed by atoms with Crippen LogP contribution in [0.2, 0.25) is 0 Å². The number of hydrogen-bond donors (Lipinski definition) is 1. The maximum Gasteiger partial charge on any atom is 0.0994 e. The number of aryl methyl sites for hydroxylation is 3. The van der Waals surface area contributed by atoms with E-state index >= 15 is 0 Å². The highest BCUT2D eigenvalue weighted by molar-refractivity contribution is 5.57. The van der Waals surface area contributed by atoms with Crippen LogP contribution in [0.25, 0.3) is 0 Å². The zero-order valence-corrected chi connectivity index (χ0v) is 24.4. The minimum Gasteiger partial charge on any atom is -0.371 e. The van der Waals surface area contributed by atoms with Crippen LogP contribution < -0.4 is 10.2 Å². The average Bonchev–Trinajstić information content (AvgIpc) is 2.99. The average molecular weight is 522 g/mol. The minimum atomic E-state index is 0.708. The van der Waals surface area contributed by atoms with Gasteiger partial charge in [0.2, 0.25) is 0 Å². The predicted molar refractivity (Wildman–Crippen MR) is 166 cm³/mol. The third-order valence-corrected chi connectivity index (χ3v) is 8.43. The molecule has 2 heterocycles. The molecule has 5 rings (SSSR count). The summed E-state index contributed by atoms with van der Waals surface area (Å²) in [5.74, 6) is 0.708. The van der Waals surface area contributed by atoms with E-state index in [2.05, 4.69) is 78.7 Å². The lowest BCUT2D eigenvalue weighted by molar-refractivity contribution is 0.460. The SMILES string of the molecule is CCCCCN1CCCc2ccc(CC)cc21.Cc1ccc(Cc2ccc(C3CCNCC3)cc2)cc1C#N. The third-order valence-electron chi connectivity index (χ3n) is 8.43. The topological polar surface area (TPSA) is 39.1 Å². The van der Waals surface area contributed by atoms with Gasteiger partial charge in [-0.15, -0.1) is 0 Å². The lowest BCUT2D eigenvalue weighted by atomic mass is 9.89. The third kappa shape index (κ3) is 8.20. The van der Waals surface area contributed by atoms with Crippen LogP contribution in [-0.2, 0) is 19.3 Å². The van der Waals surface area contributed by atoms with Gasteiger partial charge in [-0.3, -0.25) is 0 Å². The number of nitrogens with zero attached hydrogens (tertiary/aromatic N) is 2. The highest BCUT2D eigenvalue weighted by atomic mass is 15.1. The first-order chi connectivity index (χ1) is 19.1. The summed E-state index contributed by atoms with van der Waals surface area (Å²) in [4.78, 5) is 2.60. The smallest absolute Gasteiger partial charge is 0.0994 e. The Bertz CT molecular complexity index is 1220. The summed E-state index contributed by atoms with van der Waals surface area (Å²) in [5, 5.41) is 12.6. The van der Waals surface area contributed by atoms with E-state index in [0.717, 1.165) is 37.1 Å². The Kier molecular flexibility index (Phi) is 11.0. The second kappa shape index (κ2) is 14.9. The molecule has 1 fully saturated rings. The molecule has 206 valence electrons. The zero-order chi connectivity index (χ0) is 27.5. The van der Waals surface area contributed by atoms with Gasteiger partial charge in [0, 0.05) is 18.8 Å². The van der Waals surface area contributed by atoms with E-state index in [1.807, 2.05) is 19.1 Å². The maximum absolute atomic E-state index is 9.13. The van der Waals surface area contributed by atoms with E-state index in [-0.39, 0.29) is 0 Å². The summed E-state index contributed by atoms with van der Waals surface area (Å²) < 4.78 is 0. The number of fused-ring (bicyclic) bond motifs is 1. The second-order valence-corrected chi connectivity index (χ2v) is 11.3. The van der Waals surface area contributed by atoms with Gasteiger partial charge in [0.05, 0.1) is 11.6 Å². The number of anilines is 1. The predicted octanol–water partition coefficient (Wildman–Crippen LogP) is 8.12. The number of nitrogens with one attached hydrogen (secondary N) is 1. The van der Waals surface area contributed by atoms with Crippen molar-refractivity contribution in [2.24, 2.45) is 0 Å². The van der Waals surface area contributed by atoms with E-state index in [1.54, 1.807) is 5.56 Å². The Hall–Kier alpha value is -3.09. The first kappa shape index (κ1) is 28.9. The van der Waals surface area contributed by atoms with Gasteiger partial charge in [-0.05, 0) is 116 Å². The molecule has 0 saturated carbocycles. The minimum absolute atomic E-state index is 0.708. The van der Waals surface area contributed by atoms with E-state index < -0.39 is 0 Å². The van der Waals surface area contributed by atoms with Crippen LogP contribution in [0.4, 0.5) is 5.69 Å². The molecule has 3 nitrogen and oxygen atoms in total. The fourth-order valence-corrected chi connectivity index (χ4v) is 5.90. The fourth-order valence-electron chi connectivity index (χ4n) is 5.90. The van der Waals surface area contributed by atoms with Crippen LogP contribution in [0, 0.1) is 18.3 Å². The van der Waals surface area contributed by atoms with Crippen LogP contribution in [0.15, 0.2) is 60.7 Å². The Labute approximate surface area is 237 Å². The molecule has 3 aromatic carbocycles. The Morgan fingerprint density at radius 2 is 1.64 bits per heavy atom. The van der Waals surface area contributed by atoms with E-state index in [9.17, 15) is 0 Å². The number of rotatable bonds is 8. The molecule has 3 heteroatoms. The highest BCUT2D eigenvalue weighted by Crippen LogP contribution is 2.29. The van der Waals surface area contributed by atoms with Gasteiger partial charge in [0.15, 0.2) is 0 Å². The summed E-state index contributed by atoms with van der Waals surface area (Å²) >= 11 is 0. The van der Waals surface area contributed by atoms with Crippen LogP contribution in [0.3, 0.4) is 0 Å². The van der Waals surface area contributed by atoms with Crippen LogP contribution in [0.1, 0.15) is 97.2 Å². The summed E-state index contributed by atoms with van der Waals surface area (Å²) in [5.41, 5.74) is 10.4. The van der Waals surface area contributed by atoms with Crippen molar-refractivity contribution in [3.63, 3.8) is 0 Å². The second-order valence-electron chi connectivity index (χ2n) is 11.3. The van der Waals surface area contributed by atoms with Crippen LogP contribution in [-0.4, -0.2) is 26.2 Å². The highest BCUT2D eigenvalue weighted by Gasteiger charge is 2.17. The van der Waals surface area contributed by atoms with Gasteiger partial charge in [-0.1, -0.05) is 75.2 Å². The molecule has 0 unspecified atom stereocenters. The Balaban J connectivity index is 0.000000187. The van der Waals surface area contributed by atoms with E-state index in [1.165, 1.54) is 86.0 Å². The maximum atomic E-state index is 9.13. The van der Waals surface area contributed by atoms with Gasteiger partial charge in [-0.25, -0.2) is 0 Å². The molecule has 0 radical (unpaired) electrons. The Morgan fingerprint density at radius 1 is 0.897 bits per heavy atom. The van der Waals surface area contributed by atoms with Crippen LogP contribution >= 0.6 is 0 Å². The van der Waals surface area contributed by atoms with Crippen molar-refractivity contribution in [3.05, 3.63) is 99.6 Å². The van der Waals surface area contributed by atoms with E-state index in [4.69, 9.17) is 5.26 Å². The van der Waals surface area contributed by atoms with Crippen molar-refractivity contribution in [3.8, 4) is 6.07 Å². The first-order valence-electron chi connectivity index (χ1n) is 15.3. The number of unbranched alkanes of at least 4 members (excludes halogenated alkanes) is 2. The number of hydrogen-bond acceptors (Lipinski definition) is 3. The summed E-state index contributed by atoms with van der Waals surface area (Å²) in [7, 11) is 0. The normalized spacial score (nSPS) is 15.2. The molecule has 0 atom stereocenters. The molecule has 2 aliphatic heterocycles. The molecule has 2 aliphatic rings. The molecule has 0 amide bonds. The number of benzene rings is 3. The molecule has 0 bridgehead atoms. The number of nitriles is 1. The van der Waals surface area contributed by atoms with Gasteiger partial charge in [0.25, 0.3) is 0 Å². The van der Waals surface area contributed by atoms with Gasteiger partial charge >= 0.3 is 0 Å². The summed E-state index contributed by atoms with van der Waals surface area (Å²) in [6, 6.07) is 24.5. The summed E-state index contributed by atoms with van der Waals surface area (Å²) in [6.07, 6.45) is 11.1. The monoisotopic (exact) mass is 521 g/mol. The fraction of sp³-hybridized carbons (Fsp3) is 0.472. The molecule has 1 saturated heterocycles. The van der Waals surface area contributed by atoms with Crippen molar-refractivity contribution < 1.29 is 0 Å². The largest absolute Gasteiger partial charge is 0.371 e. The number of piperidine rings is 1. The van der Waals surface area contributed by atoms with Crippen molar-refractivity contribution in [1.29, 1.82) is 5.26 Å². The first-order valence-corrected chi connectivity index (χ1v) is 15.3. The molecule has 0 aliphatic carbocycles. The van der Waals surface area contributed by atoms with Crippen molar-refractivity contribution in [2.75, 3.05) is 31.1 Å². The Morgan fingerprint density at radius 3 is 2.36 bits per heavy atom. The van der Waals surface area contributed by atoms with Crippen LogP contribution in [0.5, 0.6) is 0 Å². The lowest BCUT2D eigenvalue weighted by Gasteiger charge is -2.32. The van der Waals surface area contributed by atoms with Crippen molar-refractivity contribution in [2.45, 2.75) is 84.5 Å². The van der Waals surface area contributed by atoms with E-state index in [0.29, 0.717) is 5.92 Å². The standard InChI is InChI=1S/C20H22N2.C16H25N/c1-15-2-3-17(13-20(15)14-21)12-16-4-6-18(7-5-16)19-8-10-22-11-9-19;1-3-5-6-11-17-12-7-8-15-10-9-14(4-2)13-16(15)17/h2-7,13,19,22H,8-12H2,1H3;9-10,13H,3-8,11-12H2,1-2H3. The molecule has 1 N–H and O–H groups in total. The molecule has 3 aromatic rings. The zero-order valence-electron chi connectivity index (χ0n) is 24.4. The molecule has 0 spiro atoms. The molecule has 0 aromatic heterocycles. The van der Waals surface area contributed by atoms with Crippen molar-refractivity contribution in [1.82, 2.24) is 5.32 Å². The summed E-state index contributed by atoms with van der Waals surface area (Å²) in [6.45, 7) is 11.3. The molecule has 39 heavy (non-hydrogen) atoms. The van der Waals surface area contributed by atoms with Gasteiger partial charge in [-0.2, -0.15) is 5.26 Å².